The lowest BCUT2D eigenvalue weighted by Gasteiger charge is -2.03. The molecule has 0 fully saturated rings. The maximum atomic E-state index is 13.3. The van der Waals surface area contributed by atoms with Crippen LogP contribution in [0.2, 0.25) is 0 Å². The van der Waals surface area contributed by atoms with Crippen LogP contribution in [-0.4, -0.2) is 4.57 Å². The minimum Gasteiger partial charge on any atom is -0.429 e. The van der Waals surface area contributed by atoms with Gasteiger partial charge in [-0.3, -0.25) is 4.57 Å². The average molecular weight is 259 g/mol. The lowest BCUT2D eigenvalue weighted by molar-refractivity contribution is 0.548. The Morgan fingerprint density at radius 3 is 2.67 bits per heavy atom. The molecule has 0 atom stereocenters. The normalized spacial score (nSPS) is 10.9. The summed E-state index contributed by atoms with van der Waals surface area (Å²) in [5.74, 6) is -0.292. The van der Waals surface area contributed by atoms with Crippen LogP contribution < -0.4 is 0 Å². The summed E-state index contributed by atoms with van der Waals surface area (Å²) in [7, 11) is 0. The second-order valence-corrected chi connectivity index (χ2v) is 4.40. The van der Waals surface area contributed by atoms with E-state index in [0.717, 1.165) is 5.56 Å². The zero-order valence-electron chi connectivity index (χ0n) is 9.47. The van der Waals surface area contributed by atoms with Gasteiger partial charge in [0.2, 0.25) is 0 Å². The van der Waals surface area contributed by atoms with Gasteiger partial charge in [0.05, 0.1) is 12.1 Å². The van der Waals surface area contributed by atoms with Crippen molar-refractivity contribution in [3.63, 3.8) is 0 Å². The minimum absolute atomic E-state index is 0.292. The SMILES string of the molecule is Fc1ccc2oc(=S)n(Cc3ccccc3)c2c1. The molecule has 0 aliphatic heterocycles. The van der Waals surface area contributed by atoms with Crippen LogP contribution in [0.5, 0.6) is 0 Å². The quantitative estimate of drug-likeness (QED) is 0.643. The van der Waals surface area contributed by atoms with Gasteiger partial charge in [-0.15, -0.1) is 0 Å². The lowest BCUT2D eigenvalue weighted by atomic mass is 10.2. The van der Waals surface area contributed by atoms with Gasteiger partial charge in [-0.2, -0.15) is 0 Å². The fourth-order valence-electron chi connectivity index (χ4n) is 1.95. The fraction of sp³-hybridized carbons (Fsp3) is 0.0714. The summed E-state index contributed by atoms with van der Waals surface area (Å²) in [6, 6.07) is 14.3. The molecule has 1 aromatic heterocycles. The minimum atomic E-state index is -0.292. The van der Waals surface area contributed by atoms with E-state index < -0.39 is 0 Å². The summed E-state index contributed by atoms with van der Waals surface area (Å²) in [5.41, 5.74) is 2.39. The predicted octanol–water partition coefficient (Wildman–Crippen LogP) is 4.15. The summed E-state index contributed by atoms with van der Waals surface area (Å²) in [4.78, 5) is 0.361. The highest BCUT2D eigenvalue weighted by Gasteiger charge is 2.08. The fourth-order valence-corrected chi connectivity index (χ4v) is 2.20. The Balaban J connectivity index is 2.14. The molecule has 0 unspecified atom stereocenters. The molecule has 4 heteroatoms. The highest BCUT2D eigenvalue weighted by molar-refractivity contribution is 7.71. The van der Waals surface area contributed by atoms with Gasteiger partial charge in [-0.1, -0.05) is 30.3 Å². The molecule has 18 heavy (non-hydrogen) atoms. The van der Waals surface area contributed by atoms with Gasteiger partial charge in [0.15, 0.2) is 5.58 Å². The third-order valence-electron chi connectivity index (χ3n) is 2.81. The molecule has 0 spiro atoms. The van der Waals surface area contributed by atoms with Gasteiger partial charge in [0.25, 0.3) is 4.84 Å². The second-order valence-electron chi connectivity index (χ2n) is 4.05. The van der Waals surface area contributed by atoms with Crippen LogP contribution in [0.1, 0.15) is 5.56 Å². The molecule has 0 aliphatic carbocycles. The van der Waals surface area contributed by atoms with E-state index in [1.807, 2.05) is 30.3 Å². The molecular formula is C14H10FNOS. The molecule has 0 bridgehead atoms. The summed E-state index contributed by atoms with van der Waals surface area (Å²) in [5, 5.41) is 0. The molecule has 0 aliphatic rings. The topological polar surface area (TPSA) is 18.1 Å². The van der Waals surface area contributed by atoms with E-state index in [4.69, 9.17) is 16.6 Å². The number of oxazole rings is 1. The van der Waals surface area contributed by atoms with Crippen molar-refractivity contribution in [3.05, 3.63) is 64.7 Å². The number of hydrogen-bond donors (Lipinski definition) is 0. The van der Waals surface area contributed by atoms with Gasteiger partial charge in [0, 0.05) is 6.07 Å². The van der Waals surface area contributed by atoms with Crippen LogP contribution >= 0.6 is 12.2 Å². The van der Waals surface area contributed by atoms with Crippen molar-refractivity contribution in [2.75, 3.05) is 0 Å². The molecule has 0 saturated carbocycles. The molecule has 0 N–H and O–H groups in total. The molecule has 0 saturated heterocycles. The Labute approximate surface area is 108 Å². The molecule has 90 valence electrons. The number of hydrogen-bond acceptors (Lipinski definition) is 2. The highest BCUT2D eigenvalue weighted by Crippen LogP contribution is 2.20. The zero-order chi connectivity index (χ0) is 12.5. The molecule has 3 rings (SSSR count). The van der Waals surface area contributed by atoms with Crippen molar-refractivity contribution in [1.29, 1.82) is 0 Å². The first-order chi connectivity index (χ1) is 8.74. The molecule has 2 nitrogen and oxygen atoms in total. The van der Waals surface area contributed by atoms with Crippen LogP contribution in [-0.2, 0) is 6.54 Å². The second kappa shape index (κ2) is 4.38. The zero-order valence-corrected chi connectivity index (χ0v) is 10.3. The standard InChI is InChI=1S/C14H10FNOS/c15-11-6-7-13-12(8-11)16(14(18)17-13)9-10-4-2-1-3-5-10/h1-8H,9H2. The molecule has 3 aromatic rings. The molecular weight excluding hydrogens is 249 g/mol. The van der Waals surface area contributed by atoms with Gasteiger partial charge in [-0.25, -0.2) is 4.39 Å². The molecule has 1 heterocycles. The van der Waals surface area contributed by atoms with Crippen molar-refractivity contribution in [3.8, 4) is 0 Å². The molecule has 2 aromatic carbocycles. The number of fused-ring (bicyclic) bond motifs is 1. The smallest absolute Gasteiger partial charge is 0.269 e. The molecule has 0 radical (unpaired) electrons. The van der Waals surface area contributed by atoms with E-state index >= 15 is 0 Å². The first-order valence-electron chi connectivity index (χ1n) is 5.57. The van der Waals surface area contributed by atoms with Gasteiger partial charge >= 0.3 is 0 Å². The van der Waals surface area contributed by atoms with E-state index in [-0.39, 0.29) is 5.82 Å². The number of benzene rings is 2. The first kappa shape index (κ1) is 11.2. The van der Waals surface area contributed by atoms with E-state index in [2.05, 4.69) is 0 Å². The van der Waals surface area contributed by atoms with Gasteiger partial charge in [-0.05, 0) is 29.9 Å². The first-order valence-corrected chi connectivity index (χ1v) is 5.98. The Bertz CT molecular complexity index is 745. The number of rotatable bonds is 2. The van der Waals surface area contributed by atoms with Crippen molar-refractivity contribution in [2.24, 2.45) is 0 Å². The van der Waals surface area contributed by atoms with E-state index in [1.54, 1.807) is 10.6 Å². The van der Waals surface area contributed by atoms with Crippen LogP contribution in [0.3, 0.4) is 0 Å². The van der Waals surface area contributed by atoms with Crippen molar-refractivity contribution in [2.45, 2.75) is 6.54 Å². The number of nitrogens with zero attached hydrogens (tertiary/aromatic N) is 1. The maximum absolute atomic E-state index is 13.3. The van der Waals surface area contributed by atoms with Crippen molar-refractivity contribution in [1.82, 2.24) is 4.57 Å². The third-order valence-corrected chi connectivity index (χ3v) is 3.12. The van der Waals surface area contributed by atoms with Crippen LogP contribution in [0.15, 0.2) is 52.9 Å². The maximum Gasteiger partial charge on any atom is 0.269 e. The lowest BCUT2D eigenvalue weighted by Crippen LogP contribution is -1.99. The third kappa shape index (κ3) is 1.95. The van der Waals surface area contributed by atoms with Crippen LogP contribution in [0, 0.1) is 10.7 Å². The Morgan fingerprint density at radius 2 is 1.89 bits per heavy atom. The van der Waals surface area contributed by atoms with Crippen molar-refractivity contribution < 1.29 is 8.81 Å². The van der Waals surface area contributed by atoms with Crippen molar-refractivity contribution >= 4 is 23.3 Å². The largest absolute Gasteiger partial charge is 0.429 e. The Kier molecular flexibility index (Phi) is 2.72. The predicted molar refractivity (Wildman–Crippen MR) is 70.5 cm³/mol. The van der Waals surface area contributed by atoms with Gasteiger partial charge < -0.3 is 4.42 Å². The summed E-state index contributed by atoms with van der Waals surface area (Å²) in [6.07, 6.45) is 0. The van der Waals surface area contributed by atoms with Crippen LogP contribution in [0.4, 0.5) is 4.39 Å². The number of halogens is 1. The molecule has 0 amide bonds. The Hall–Kier alpha value is -1.94. The number of aromatic nitrogens is 1. The monoisotopic (exact) mass is 259 g/mol. The highest BCUT2D eigenvalue weighted by atomic mass is 32.1. The summed E-state index contributed by atoms with van der Waals surface area (Å²) >= 11 is 5.17. The Morgan fingerprint density at radius 1 is 1.11 bits per heavy atom. The van der Waals surface area contributed by atoms with E-state index in [9.17, 15) is 4.39 Å². The van der Waals surface area contributed by atoms with E-state index in [1.165, 1.54) is 12.1 Å². The average Bonchev–Trinajstić information content (AvgIpc) is 2.67. The summed E-state index contributed by atoms with van der Waals surface area (Å²) < 4.78 is 20.5. The van der Waals surface area contributed by atoms with E-state index in [0.29, 0.717) is 22.5 Å². The van der Waals surface area contributed by atoms with Crippen LogP contribution in [0.25, 0.3) is 11.1 Å². The van der Waals surface area contributed by atoms with Gasteiger partial charge in [0.1, 0.15) is 5.82 Å². The summed E-state index contributed by atoms with van der Waals surface area (Å²) in [6.45, 7) is 0.579.